The van der Waals surface area contributed by atoms with E-state index in [1.54, 1.807) is 0 Å². The van der Waals surface area contributed by atoms with E-state index < -0.39 is 0 Å². The number of hydrogen-bond acceptors (Lipinski definition) is 2. The zero-order chi connectivity index (χ0) is 27.0. The van der Waals surface area contributed by atoms with E-state index >= 15 is 0 Å². The molecule has 4 heteroatoms. The van der Waals surface area contributed by atoms with E-state index in [0.717, 1.165) is 28.2 Å². The molecule has 0 N–H and O–H groups in total. The fraction of sp³-hybridized carbons (Fsp3) is 0.278. The summed E-state index contributed by atoms with van der Waals surface area (Å²) in [7, 11) is 0. The molecular formula is C36H35IrN3-2. The third-order valence-electron chi connectivity index (χ3n) is 7.98. The Hall–Kier alpha value is -3.33. The first-order valence-electron chi connectivity index (χ1n) is 14.0. The SMILES string of the molecule is CC1(C)C=Cc2cc(C3CCCC3)cc3nc(-c4[c-]cccc4)n1c23.Cc1c[c-]c(-c2ccc(C)cn2)cc1.[Ir]. The Labute approximate surface area is 251 Å². The second kappa shape index (κ2) is 11.6. The van der Waals surface area contributed by atoms with Crippen LogP contribution in [0, 0.1) is 26.0 Å². The number of benzene rings is 3. The van der Waals surface area contributed by atoms with Gasteiger partial charge in [-0.2, -0.15) is 0 Å². The van der Waals surface area contributed by atoms with E-state index in [1.807, 2.05) is 43.5 Å². The fourth-order valence-electron chi connectivity index (χ4n) is 5.82. The summed E-state index contributed by atoms with van der Waals surface area (Å²) in [4.78, 5) is 9.42. The molecule has 2 aromatic heterocycles. The summed E-state index contributed by atoms with van der Waals surface area (Å²) >= 11 is 0. The topological polar surface area (TPSA) is 30.7 Å². The van der Waals surface area contributed by atoms with Gasteiger partial charge in [0.05, 0.1) is 22.4 Å². The summed E-state index contributed by atoms with van der Waals surface area (Å²) in [6.07, 6.45) is 11.8. The first-order chi connectivity index (χ1) is 18.9. The van der Waals surface area contributed by atoms with E-state index in [9.17, 15) is 0 Å². The molecule has 3 heterocycles. The molecule has 1 aliphatic carbocycles. The summed E-state index contributed by atoms with van der Waals surface area (Å²) in [6.45, 7) is 8.61. The van der Waals surface area contributed by atoms with Gasteiger partial charge in [-0.3, -0.25) is 4.98 Å². The Kier molecular flexibility index (Phi) is 8.21. The Morgan fingerprint density at radius 1 is 0.900 bits per heavy atom. The normalized spacial score (nSPS) is 15.4. The largest absolute Gasteiger partial charge is 0.355 e. The van der Waals surface area contributed by atoms with Crippen molar-refractivity contribution >= 4 is 17.1 Å². The minimum Gasteiger partial charge on any atom is -0.355 e. The summed E-state index contributed by atoms with van der Waals surface area (Å²) in [5, 5.41) is 0. The van der Waals surface area contributed by atoms with E-state index in [-0.39, 0.29) is 25.6 Å². The van der Waals surface area contributed by atoms with Crippen molar-refractivity contribution in [1.82, 2.24) is 14.5 Å². The van der Waals surface area contributed by atoms with Crippen molar-refractivity contribution in [2.75, 3.05) is 0 Å². The van der Waals surface area contributed by atoms with Crippen molar-refractivity contribution in [2.45, 2.75) is 64.8 Å². The van der Waals surface area contributed by atoms with E-state index in [2.05, 4.69) is 91.0 Å². The van der Waals surface area contributed by atoms with Gasteiger partial charge in [0.2, 0.25) is 0 Å². The molecule has 1 fully saturated rings. The summed E-state index contributed by atoms with van der Waals surface area (Å²) in [6, 6.07) is 29.7. The molecule has 40 heavy (non-hydrogen) atoms. The maximum absolute atomic E-state index is 5.07. The smallest absolute Gasteiger partial charge is 0.0780 e. The molecule has 7 rings (SSSR count). The van der Waals surface area contributed by atoms with Crippen LogP contribution in [0.1, 0.15) is 67.7 Å². The van der Waals surface area contributed by atoms with Crippen LogP contribution in [0.5, 0.6) is 0 Å². The zero-order valence-corrected chi connectivity index (χ0v) is 26.1. The van der Waals surface area contributed by atoms with Crippen LogP contribution in [-0.2, 0) is 25.6 Å². The van der Waals surface area contributed by atoms with Crippen LogP contribution in [0.15, 0.2) is 79.0 Å². The molecule has 3 aromatic carbocycles. The van der Waals surface area contributed by atoms with Crippen LogP contribution < -0.4 is 0 Å². The van der Waals surface area contributed by atoms with Gasteiger partial charge in [0.25, 0.3) is 0 Å². The summed E-state index contributed by atoms with van der Waals surface area (Å²) in [5.74, 6) is 1.73. The molecule has 1 aliphatic heterocycles. The molecule has 3 nitrogen and oxygen atoms in total. The molecule has 5 aromatic rings. The fourth-order valence-corrected chi connectivity index (χ4v) is 5.82. The predicted octanol–water partition coefficient (Wildman–Crippen LogP) is 9.09. The van der Waals surface area contributed by atoms with Crippen molar-refractivity contribution < 1.29 is 20.1 Å². The Balaban J connectivity index is 0.000000184. The van der Waals surface area contributed by atoms with Crippen molar-refractivity contribution in [3.05, 3.63) is 113 Å². The van der Waals surface area contributed by atoms with Gasteiger partial charge in [-0.25, -0.2) is 0 Å². The quantitative estimate of drug-likeness (QED) is 0.176. The number of hydrogen-bond donors (Lipinski definition) is 0. The molecule has 0 atom stereocenters. The van der Waals surface area contributed by atoms with Gasteiger partial charge in [0, 0.05) is 26.3 Å². The van der Waals surface area contributed by atoms with Gasteiger partial charge >= 0.3 is 0 Å². The maximum Gasteiger partial charge on any atom is 0.0780 e. The molecule has 0 spiro atoms. The van der Waals surface area contributed by atoms with Crippen LogP contribution in [0.4, 0.5) is 0 Å². The number of allylic oxidation sites excluding steroid dienone is 1. The van der Waals surface area contributed by atoms with E-state index in [0.29, 0.717) is 5.92 Å². The number of nitrogens with zero attached hydrogens (tertiary/aromatic N) is 3. The first-order valence-corrected chi connectivity index (χ1v) is 14.0. The van der Waals surface area contributed by atoms with Crippen LogP contribution >= 0.6 is 0 Å². The van der Waals surface area contributed by atoms with Gasteiger partial charge in [0.15, 0.2) is 0 Å². The molecule has 1 radical (unpaired) electrons. The summed E-state index contributed by atoms with van der Waals surface area (Å²) < 4.78 is 2.39. The van der Waals surface area contributed by atoms with Crippen LogP contribution in [0.25, 0.3) is 39.8 Å². The second-order valence-corrected chi connectivity index (χ2v) is 11.5. The van der Waals surface area contributed by atoms with Crippen LogP contribution in [0.2, 0.25) is 0 Å². The third-order valence-corrected chi connectivity index (χ3v) is 7.98. The van der Waals surface area contributed by atoms with Crippen molar-refractivity contribution in [3.63, 3.8) is 0 Å². The molecule has 2 aliphatic rings. The number of aryl methyl sites for hydroxylation is 2. The van der Waals surface area contributed by atoms with Crippen LogP contribution in [0.3, 0.4) is 0 Å². The van der Waals surface area contributed by atoms with E-state index in [1.165, 1.54) is 53.5 Å². The Bertz CT molecular complexity index is 1580. The molecular weight excluding hydrogens is 667 g/mol. The molecule has 0 bridgehead atoms. The summed E-state index contributed by atoms with van der Waals surface area (Å²) in [5.41, 5.74) is 10.6. The number of rotatable bonds is 3. The van der Waals surface area contributed by atoms with Gasteiger partial charge < -0.3 is 9.55 Å². The molecule has 205 valence electrons. The van der Waals surface area contributed by atoms with Gasteiger partial charge in [-0.05, 0) is 74.0 Å². The van der Waals surface area contributed by atoms with Gasteiger partial charge in [-0.15, -0.1) is 71.3 Å². The minimum atomic E-state index is -0.0877. The molecule has 0 amide bonds. The van der Waals surface area contributed by atoms with Crippen molar-refractivity contribution in [1.29, 1.82) is 0 Å². The second-order valence-electron chi connectivity index (χ2n) is 11.5. The monoisotopic (exact) mass is 702 g/mol. The van der Waals surface area contributed by atoms with E-state index in [4.69, 9.17) is 4.98 Å². The van der Waals surface area contributed by atoms with Crippen molar-refractivity contribution in [2.24, 2.45) is 0 Å². The number of aromatic nitrogens is 3. The number of imidazole rings is 1. The minimum absolute atomic E-state index is 0. The predicted molar refractivity (Wildman–Crippen MR) is 162 cm³/mol. The average molecular weight is 702 g/mol. The number of pyridine rings is 1. The standard InChI is InChI=1S/C23H23N2.C13H12N.Ir/c1-23(2)13-12-18-14-19(16-8-6-7-9-16)15-20-21(18)25(23)22(24-20)17-10-4-3-5-11-17;1-10-3-6-12(7-4-10)13-8-5-11(2)9-14-13;/h3-5,10,12-16H,6-9H2,1-2H3;3-6,8-9H,1-2H3;/q2*-1;. The third kappa shape index (κ3) is 5.61. The maximum atomic E-state index is 5.07. The van der Waals surface area contributed by atoms with Gasteiger partial charge in [0.1, 0.15) is 0 Å². The zero-order valence-electron chi connectivity index (χ0n) is 23.7. The Morgan fingerprint density at radius 2 is 1.70 bits per heavy atom. The van der Waals surface area contributed by atoms with Gasteiger partial charge in [-0.1, -0.05) is 44.1 Å². The van der Waals surface area contributed by atoms with Crippen LogP contribution in [-0.4, -0.2) is 14.5 Å². The molecule has 0 saturated heterocycles. The molecule has 1 saturated carbocycles. The van der Waals surface area contributed by atoms with Crippen molar-refractivity contribution in [3.8, 4) is 22.6 Å². The molecule has 0 unspecified atom stereocenters. The first kappa shape index (κ1) is 28.2. The Morgan fingerprint density at radius 3 is 2.38 bits per heavy atom. The average Bonchev–Trinajstić information content (AvgIpc) is 3.62.